The molecule has 0 aliphatic rings. The average molecular weight is 403 g/mol. The first-order chi connectivity index (χ1) is 14.1. The summed E-state index contributed by atoms with van der Waals surface area (Å²) in [6.07, 6.45) is 1.68. The largest absolute Gasteiger partial charge is 0.490 e. The van der Waals surface area contributed by atoms with Crippen molar-refractivity contribution in [3.05, 3.63) is 40.8 Å². The zero-order valence-corrected chi connectivity index (χ0v) is 18.3. The fourth-order valence-corrected chi connectivity index (χ4v) is 3.06. The molecule has 0 atom stereocenters. The van der Waals surface area contributed by atoms with E-state index in [-0.39, 0.29) is 0 Å². The minimum Gasteiger partial charge on any atom is -0.490 e. The first-order valence-electron chi connectivity index (χ1n) is 10.4. The Morgan fingerprint density at radius 2 is 1.79 bits per heavy atom. The normalized spacial score (nSPS) is 11.4. The maximum absolute atomic E-state index is 5.71. The minimum atomic E-state index is 0.615. The molecule has 2 N–H and O–H groups in total. The Balaban J connectivity index is 1.90. The molecule has 2 aromatic rings. The highest BCUT2D eigenvalue weighted by atomic mass is 16.5. The summed E-state index contributed by atoms with van der Waals surface area (Å²) in [6, 6.07) is 6.11. The molecular formula is C22H34N4O3. The van der Waals surface area contributed by atoms with Crippen LogP contribution in [-0.2, 0) is 12.8 Å². The first-order valence-corrected chi connectivity index (χ1v) is 10.4. The monoisotopic (exact) mass is 402 g/mol. The summed E-state index contributed by atoms with van der Waals surface area (Å²) in [5.74, 6) is 3.28. The Morgan fingerprint density at radius 3 is 2.45 bits per heavy atom. The van der Waals surface area contributed by atoms with Crippen molar-refractivity contribution in [3.63, 3.8) is 0 Å². The van der Waals surface area contributed by atoms with Crippen LogP contribution in [0.1, 0.15) is 43.4 Å². The van der Waals surface area contributed by atoms with Crippen LogP contribution in [0.5, 0.6) is 11.5 Å². The number of aliphatic imine (C=N–C) groups is 1. The molecule has 29 heavy (non-hydrogen) atoms. The minimum absolute atomic E-state index is 0.615. The van der Waals surface area contributed by atoms with Crippen molar-refractivity contribution in [1.82, 2.24) is 15.8 Å². The highest BCUT2D eigenvalue weighted by Crippen LogP contribution is 2.28. The molecule has 1 aromatic carbocycles. The van der Waals surface area contributed by atoms with E-state index in [2.05, 4.69) is 39.8 Å². The smallest absolute Gasteiger partial charge is 0.191 e. The SMILES string of the molecule is CCNC(=NCCc1c(C)noc1C)NCCc1ccc(OCC)c(OCC)c1. The lowest BCUT2D eigenvalue weighted by Gasteiger charge is -2.14. The van der Waals surface area contributed by atoms with Gasteiger partial charge in [-0.25, -0.2) is 0 Å². The second-order valence-corrected chi connectivity index (χ2v) is 6.64. The number of aromatic nitrogens is 1. The van der Waals surface area contributed by atoms with E-state index in [9.17, 15) is 0 Å². The molecule has 0 radical (unpaired) electrons. The quantitative estimate of drug-likeness (QED) is 0.443. The van der Waals surface area contributed by atoms with Crippen LogP contribution >= 0.6 is 0 Å². The van der Waals surface area contributed by atoms with Crippen LogP contribution in [-0.4, -0.2) is 44.0 Å². The highest BCUT2D eigenvalue weighted by molar-refractivity contribution is 5.79. The van der Waals surface area contributed by atoms with Gasteiger partial charge in [0.15, 0.2) is 17.5 Å². The molecule has 0 saturated heterocycles. The summed E-state index contributed by atoms with van der Waals surface area (Å²) in [4.78, 5) is 4.67. The number of ether oxygens (including phenoxy) is 2. The first kappa shape index (κ1) is 22.6. The van der Waals surface area contributed by atoms with Gasteiger partial charge in [-0.2, -0.15) is 0 Å². The van der Waals surface area contributed by atoms with Gasteiger partial charge in [0.25, 0.3) is 0 Å². The average Bonchev–Trinajstić information content (AvgIpc) is 3.02. The van der Waals surface area contributed by atoms with Crippen LogP contribution in [0.4, 0.5) is 0 Å². The number of nitrogens with one attached hydrogen (secondary N) is 2. The summed E-state index contributed by atoms with van der Waals surface area (Å²) >= 11 is 0. The number of hydrogen-bond acceptors (Lipinski definition) is 5. The second-order valence-electron chi connectivity index (χ2n) is 6.64. The van der Waals surface area contributed by atoms with Crippen LogP contribution < -0.4 is 20.1 Å². The summed E-state index contributed by atoms with van der Waals surface area (Å²) in [6.45, 7) is 13.4. The van der Waals surface area contributed by atoms with Gasteiger partial charge in [0.1, 0.15) is 5.76 Å². The second kappa shape index (κ2) is 12.0. The van der Waals surface area contributed by atoms with Gasteiger partial charge in [-0.1, -0.05) is 11.2 Å². The van der Waals surface area contributed by atoms with Gasteiger partial charge in [-0.05, 0) is 65.2 Å². The van der Waals surface area contributed by atoms with Gasteiger partial charge >= 0.3 is 0 Å². The van der Waals surface area contributed by atoms with E-state index in [0.29, 0.717) is 19.8 Å². The van der Waals surface area contributed by atoms with Gasteiger partial charge < -0.3 is 24.6 Å². The van der Waals surface area contributed by atoms with Crippen molar-refractivity contribution in [2.75, 3.05) is 32.8 Å². The molecular weight excluding hydrogens is 368 g/mol. The predicted octanol–water partition coefficient (Wildman–Crippen LogP) is 3.43. The van der Waals surface area contributed by atoms with Gasteiger partial charge in [-0.3, -0.25) is 4.99 Å². The van der Waals surface area contributed by atoms with Crippen molar-refractivity contribution in [1.29, 1.82) is 0 Å². The maximum Gasteiger partial charge on any atom is 0.191 e. The number of guanidine groups is 1. The molecule has 0 saturated carbocycles. The van der Waals surface area contributed by atoms with Gasteiger partial charge in [0.2, 0.25) is 0 Å². The Hall–Kier alpha value is -2.70. The lowest BCUT2D eigenvalue weighted by atomic mass is 10.1. The van der Waals surface area contributed by atoms with Crippen molar-refractivity contribution in [2.45, 2.75) is 47.5 Å². The van der Waals surface area contributed by atoms with Crippen LogP contribution in [0, 0.1) is 13.8 Å². The molecule has 0 fully saturated rings. The molecule has 0 spiro atoms. The van der Waals surface area contributed by atoms with Crippen molar-refractivity contribution >= 4 is 5.96 Å². The summed E-state index contributed by atoms with van der Waals surface area (Å²) in [5.41, 5.74) is 3.27. The zero-order chi connectivity index (χ0) is 21.1. The molecule has 160 valence electrons. The van der Waals surface area contributed by atoms with Crippen molar-refractivity contribution in [3.8, 4) is 11.5 Å². The Kier molecular flexibility index (Phi) is 9.34. The fraction of sp³-hybridized carbons (Fsp3) is 0.545. The Bertz CT molecular complexity index is 767. The third kappa shape index (κ3) is 7.00. The molecule has 0 aliphatic carbocycles. The number of aryl methyl sites for hydroxylation is 2. The number of rotatable bonds is 11. The van der Waals surface area contributed by atoms with Crippen LogP contribution in [0.25, 0.3) is 0 Å². The molecule has 0 amide bonds. The van der Waals surface area contributed by atoms with E-state index < -0.39 is 0 Å². The van der Waals surface area contributed by atoms with Crippen LogP contribution in [0.15, 0.2) is 27.7 Å². The zero-order valence-electron chi connectivity index (χ0n) is 18.3. The molecule has 1 aromatic heterocycles. The van der Waals surface area contributed by atoms with E-state index in [1.165, 1.54) is 5.56 Å². The highest BCUT2D eigenvalue weighted by Gasteiger charge is 2.09. The molecule has 0 aliphatic heterocycles. The van der Waals surface area contributed by atoms with E-state index in [1.54, 1.807) is 0 Å². The molecule has 7 nitrogen and oxygen atoms in total. The third-order valence-electron chi connectivity index (χ3n) is 4.47. The van der Waals surface area contributed by atoms with E-state index in [4.69, 9.17) is 14.0 Å². The lowest BCUT2D eigenvalue weighted by Crippen LogP contribution is -2.38. The molecule has 7 heteroatoms. The van der Waals surface area contributed by atoms with Crippen LogP contribution in [0.3, 0.4) is 0 Å². The number of nitrogens with zero attached hydrogens (tertiary/aromatic N) is 2. The fourth-order valence-electron chi connectivity index (χ4n) is 3.06. The summed E-state index contributed by atoms with van der Waals surface area (Å²) in [7, 11) is 0. The molecule has 0 unspecified atom stereocenters. The van der Waals surface area contributed by atoms with E-state index in [1.807, 2.05) is 33.8 Å². The van der Waals surface area contributed by atoms with E-state index >= 15 is 0 Å². The lowest BCUT2D eigenvalue weighted by molar-refractivity contribution is 0.287. The van der Waals surface area contributed by atoms with Crippen molar-refractivity contribution in [2.24, 2.45) is 4.99 Å². The number of hydrogen-bond donors (Lipinski definition) is 2. The number of benzene rings is 1. The topological polar surface area (TPSA) is 80.9 Å². The Morgan fingerprint density at radius 1 is 1.03 bits per heavy atom. The predicted molar refractivity (Wildman–Crippen MR) is 116 cm³/mol. The summed E-state index contributed by atoms with van der Waals surface area (Å²) < 4.78 is 16.6. The summed E-state index contributed by atoms with van der Waals surface area (Å²) in [5, 5.41) is 10.7. The maximum atomic E-state index is 5.71. The van der Waals surface area contributed by atoms with Gasteiger partial charge in [0, 0.05) is 25.2 Å². The van der Waals surface area contributed by atoms with E-state index in [0.717, 1.165) is 60.4 Å². The Labute approximate surface area is 173 Å². The molecule has 0 bridgehead atoms. The standard InChI is InChI=1S/C22H34N4O3/c1-6-23-22(25-14-12-19-16(4)26-29-17(19)5)24-13-11-18-9-10-20(27-7-2)21(15-18)28-8-3/h9-10,15H,6-8,11-14H2,1-5H3,(H2,23,24,25). The van der Waals surface area contributed by atoms with Gasteiger partial charge in [0.05, 0.1) is 18.9 Å². The van der Waals surface area contributed by atoms with Gasteiger partial charge in [-0.15, -0.1) is 0 Å². The molecule has 1 heterocycles. The molecule has 2 rings (SSSR count). The van der Waals surface area contributed by atoms with Crippen molar-refractivity contribution < 1.29 is 14.0 Å². The third-order valence-corrected chi connectivity index (χ3v) is 4.47. The van der Waals surface area contributed by atoms with Crippen LogP contribution in [0.2, 0.25) is 0 Å².